The molecule has 0 aliphatic carbocycles. The summed E-state index contributed by atoms with van der Waals surface area (Å²) in [6, 6.07) is 9.22. The standard InChI is InChI=1S/C16H8Cl3NO3S/c17-8-2-3-9-12(6-8)24-14(13(9)19)15(21)20-11-5-7(16(22)23)1-4-10(11)18/h1-6H,(H,20,21)(H,22,23). The van der Waals surface area contributed by atoms with Crippen LogP contribution in [0.2, 0.25) is 15.1 Å². The van der Waals surface area contributed by atoms with Gasteiger partial charge in [-0.25, -0.2) is 4.79 Å². The summed E-state index contributed by atoms with van der Waals surface area (Å²) in [6.45, 7) is 0. The molecule has 1 aromatic heterocycles. The maximum atomic E-state index is 12.5. The van der Waals surface area contributed by atoms with Gasteiger partial charge >= 0.3 is 5.97 Å². The summed E-state index contributed by atoms with van der Waals surface area (Å²) in [5, 5.41) is 13.4. The van der Waals surface area contributed by atoms with Crippen molar-refractivity contribution >= 4 is 73.8 Å². The third-order valence-electron chi connectivity index (χ3n) is 3.26. The van der Waals surface area contributed by atoms with Gasteiger partial charge < -0.3 is 10.4 Å². The fourth-order valence-electron chi connectivity index (χ4n) is 2.12. The zero-order valence-corrected chi connectivity index (χ0v) is 14.9. The minimum Gasteiger partial charge on any atom is -0.478 e. The van der Waals surface area contributed by atoms with Gasteiger partial charge in [0.25, 0.3) is 5.91 Å². The molecule has 0 saturated heterocycles. The Labute approximate surface area is 155 Å². The van der Waals surface area contributed by atoms with Gasteiger partial charge in [0.05, 0.1) is 21.3 Å². The highest BCUT2D eigenvalue weighted by atomic mass is 35.5. The van der Waals surface area contributed by atoms with E-state index in [9.17, 15) is 9.59 Å². The lowest BCUT2D eigenvalue weighted by atomic mass is 10.2. The van der Waals surface area contributed by atoms with E-state index in [-0.39, 0.29) is 16.3 Å². The molecule has 0 bridgehead atoms. The number of halogens is 3. The van der Waals surface area contributed by atoms with Crippen LogP contribution in [-0.2, 0) is 0 Å². The van der Waals surface area contributed by atoms with Crippen molar-refractivity contribution in [3.05, 3.63) is 61.9 Å². The molecule has 24 heavy (non-hydrogen) atoms. The maximum Gasteiger partial charge on any atom is 0.335 e. The van der Waals surface area contributed by atoms with E-state index in [0.717, 1.165) is 10.1 Å². The molecule has 3 aromatic rings. The molecule has 1 amide bonds. The first-order chi connectivity index (χ1) is 11.4. The molecule has 122 valence electrons. The Bertz CT molecular complexity index is 984. The first-order valence-electron chi connectivity index (χ1n) is 6.58. The van der Waals surface area contributed by atoms with E-state index < -0.39 is 11.9 Å². The van der Waals surface area contributed by atoms with E-state index in [1.807, 2.05) is 0 Å². The highest BCUT2D eigenvalue weighted by Crippen LogP contribution is 2.37. The molecule has 0 radical (unpaired) electrons. The third-order valence-corrected chi connectivity index (χ3v) is 5.48. The minimum absolute atomic E-state index is 0.0175. The Balaban J connectivity index is 1.97. The molecule has 0 saturated carbocycles. The number of thiophene rings is 1. The second-order valence-corrected chi connectivity index (χ2v) is 7.11. The molecule has 2 aromatic carbocycles. The molecule has 0 unspecified atom stereocenters. The van der Waals surface area contributed by atoms with Crippen molar-refractivity contribution < 1.29 is 14.7 Å². The second-order valence-electron chi connectivity index (χ2n) is 4.84. The van der Waals surface area contributed by atoms with Crippen molar-refractivity contribution in [1.82, 2.24) is 0 Å². The van der Waals surface area contributed by atoms with E-state index in [4.69, 9.17) is 39.9 Å². The summed E-state index contributed by atoms with van der Waals surface area (Å²) in [5.41, 5.74) is 0.219. The van der Waals surface area contributed by atoms with Crippen molar-refractivity contribution in [2.24, 2.45) is 0 Å². The van der Waals surface area contributed by atoms with Crippen LogP contribution in [0.1, 0.15) is 20.0 Å². The fourth-order valence-corrected chi connectivity index (χ4v) is 3.97. The topological polar surface area (TPSA) is 66.4 Å². The Morgan fingerprint density at radius 3 is 2.50 bits per heavy atom. The van der Waals surface area contributed by atoms with Gasteiger partial charge in [0.2, 0.25) is 0 Å². The quantitative estimate of drug-likeness (QED) is 0.583. The fraction of sp³-hybridized carbons (Fsp3) is 0. The van der Waals surface area contributed by atoms with E-state index in [2.05, 4.69) is 5.32 Å². The lowest BCUT2D eigenvalue weighted by Gasteiger charge is -2.07. The number of amides is 1. The normalized spacial score (nSPS) is 10.8. The molecular weight excluding hydrogens is 393 g/mol. The summed E-state index contributed by atoms with van der Waals surface area (Å²) >= 11 is 19.4. The number of rotatable bonds is 3. The SMILES string of the molecule is O=C(O)c1ccc(Cl)c(NC(=O)c2sc3cc(Cl)ccc3c2Cl)c1. The summed E-state index contributed by atoms with van der Waals surface area (Å²) < 4.78 is 0.781. The third kappa shape index (κ3) is 3.21. The largest absolute Gasteiger partial charge is 0.478 e. The van der Waals surface area contributed by atoms with Gasteiger partial charge in [-0.1, -0.05) is 40.9 Å². The summed E-state index contributed by atoms with van der Waals surface area (Å²) in [5.74, 6) is -1.58. The highest BCUT2D eigenvalue weighted by Gasteiger charge is 2.19. The smallest absolute Gasteiger partial charge is 0.335 e. The number of anilines is 1. The molecule has 0 aliphatic heterocycles. The van der Waals surface area contributed by atoms with E-state index in [1.165, 1.54) is 29.5 Å². The zero-order valence-electron chi connectivity index (χ0n) is 11.8. The van der Waals surface area contributed by atoms with Crippen LogP contribution in [0.25, 0.3) is 10.1 Å². The van der Waals surface area contributed by atoms with Gasteiger partial charge in [0.15, 0.2) is 0 Å². The lowest BCUT2D eigenvalue weighted by Crippen LogP contribution is -2.11. The monoisotopic (exact) mass is 399 g/mol. The molecule has 0 spiro atoms. The van der Waals surface area contributed by atoms with Crippen LogP contribution in [0, 0.1) is 0 Å². The Morgan fingerprint density at radius 2 is 1.79 bits per heavy atom. The number of aromatic carboxylic acids is 1. The molecule has 3 rings (SSSR count). The number of carboxylic acid groups (broad SMARTS) is 1. The van der Waals surface area contributed by atoms with Crippen LogP contribution < -0.4 is 5.32 Å². The van der Waals surface area contributed by atoms with E-state index in [0.29, 0.717) is 14.9 Å². The number of hydrogen-bond acceptors (Lipinski definition) is 3. The molecule has 1 heterocycles. The number of benzene rings is 2. The van der Waals surface area contributed by atoms with Crippen LogP contribution >= 0.6 is 46.1 Å². The number of hydrogen-bond donors (Lipinski definition) is 2. The highest BCUT2D eigenvalue weighted by molar-refractivity contribution is 7.21. The number of carbonyl (C=O) groups is 2. The van der Waals surface area contributed by atoms with Crippen molar-refractivity contribution in [1.29, 1.82) is 0 Å². The Morgan fingerprint density at radius 1 is 1.04 bits per heavy atom. The van der Waals surface area contributed by atoms with Crippen molar-refractivity contribution in [3.63, 3.8) is 0 Å². The average molecular weight is 401 g/mol. The molecule has 4 nitrogen and oxygen atoms in total. The van der Waals surface area contributed by atoms with Crippen molar-refractivity contribution in [2.75, 3.05) is 5.32 Å². The Kier molecular flexibility index (Phi) is 4.69. The van der Waals surface area contributed by atoms with E-state index in [1.54, 1.807) is 18.2 Å². The van der Waals surface area contributed by atoms with Gasteiger partial charge in [0, 0.05) is 15.1 Å². The number of carbonyl (C=O) groups excluding carboxylic acids is 1. The molecule has 0 aliphatic rings. The molecule has 2 N–H and O–H groups in total. The summed E-state index contributed by atoms with van der Waals surface area (Å²) in [4.78, 5) is 23.8. The first-order valence-corrected chi connectivity index (χ1v) is 8.53. The maximum absolute atomic E-state index is 12.5. The predicted molar refractivity (Wildman–Crippen MR) is 98.2 cm³/mol. The minimum atomic E-state index is -1.11. The van der Waals surface area contributed by atoms with Crippen LogP contribution in [0.3, 0.4) is 0 Å². The number of nitrogens with one attached hydrogen (secondary N) is 1. The zero-order chi connectivity index (χ0) is 17.4. The molecule has 0 fully saturated rings. The van der Waals surface area contributed by atoms with Crippen LogP contribution in [0.15, 0.2) is 36.4 Å². The summed E-state index contributed by atoms with van der Waals surface area (Å²) in [7, 11) is 0. The predicted octanol–water partition coefficient (Wildman–Crippen LogP) is 5.81. The average Bonchev–Trinajstić information content (AvgIpc) is 2.85. The lowest BCUT2D eigenvalue weighted by molar-refractivity contribution is 0.0696. The molecule has 0 atom stereocenters. The molecule has 8 heteroatoms. The van der Waals surface area contributed by atoms with Crippen molar-refractivity contribution in [3.8, 4) is 0 Å². The van der Waals surface area contributed by atoms with Gasteiger partial charge in [0.1, 0.15) is 4.88 Å². The van der Waals surface area contributed by atoms with Gasteiger partial charge in [-0.3, -0.25) is 4.79 Å². The van der Waals surface area contributed by atoms with Crippen LogP contribution in [0.4, 0.5) is 5.69 Å². The van der Waals surface area contributed by atoms with Crippen LogP contribution in [0.5, 0.6) is 0 Å². The van der Waals surface area contributed by atoms with Gasteiger partial charge in [-0.05, 0) is 30.3 Å². The molecular formula is C16H8Cl3NO3S. The number of fused-ring (bicyclic) bond motifs is 1. The summed E-state index contributed by atoms with van der Waals surface area (Å²) in [6.07, 6.45) is 0. The second kappa shape index (κ2) is 6.61. The Hall–Kier alpha value is -1.79. The van der Waals surface area contributed by atoms with Gasteiger partial charge in [-0.2, -0.15) is 0 Å². The first kappa shape index (κ1) is 17.0. The van der Waals surface area contributed by atoms with E-state index >= 15 is 0 Å². The van der Waals surface area contributed by atoms with Crippen LogP contribution in [-0.4, -0.2) is 17.0 Å². The number of carboxylic acids is 1. The van der Waals surface area contributed by atoms with Crippen molar-refractivity contribution in [2.45, 2.75) is 0 Å². The van der Waals surface area contributed by atoms with Gasteiger partial charge in [-0.15, -0.1) is 11.3 Å².